The smallest absolute Gasteiger partial charge is 0.359 e. The van der Waals surface area contributed by atoms with Crippen molar-refractivity contribution in [1.29, 1.82) is 0 Å². The van der Waals surface area contributed by atoms with Crippen LogP contribution in [0.4, 0.5) is 0 Å². The SMILES string of the molecule is CCOC(=O)c1nn(-c2ccc(Cl)cc2)c(-c2ccc(Br)cc2)c1CNC(C)(C)C. The summed E-state index contributed by atoms with van der Waals surface area (Å²) in [7, 11) is 0. The van der Waals surface area contributed by atoms with Gasteiger partial charge in [-0.2, -0.15) is 5.10 Å². The Morgan fingerprint density at radius 3 is 2.33 bits per heavy atom. The van der Waals surface area contributed by atoms with Crippen LogP contribution in [0.25, 0.3) is 16.9 Å². The molecule has 1 aromatic heterocycles. The van der Waals surface area contributed by atoms with Crippen LogP contribution in [0.1, 0.15) is 43.7 Å². The molecule has 0 aliphatic heterocycles. The fraction of sp³-hybridized carbons (Fsp3) is 0.304. The number of carbonyl (C=O) groups is 1. The first kappa shape index (κ1) is 22.5. The molecule has 7 heteroatoms. The Morgan fingerprint density at radius 2 is 1.77 bits per heavy atom. The van der Waals surface area contributed by atoms with Crippen molar-refractivity contribution in [2.75, 3.05) is 6.61 Å². The number of benzene rings is 2. The second kappa shape index (κ2) is 9.33. The van der Waals surface area contributed by atoms with Crippen LogP contribution < -0.4 is 5.32 Å². The molecule has 1 N–H and O–H groups in total. The van der Waals surface area contributed by atoms with E-state index >= 15 is 0 Å². The van der Waals surface area contributed by atoms with Crippen molar-refractivity contribution < 1.29 is 9.53 Å². The van der Waals surface area contributed by atoms with Crippen LogP contribution in [-0.4, -0.2) is 27.9 Å². The highest BCUT2D eigenvalue weighted by molar-refractivity contribution is 9.10. The number of carbonyl (C=O) groups excluding carboxylic acids is 1. The van der Waals surface area contributed by atoms with Crippen molar-refractivity contribution >= 4 is 33.5 Å². The molecule has 0 radical (unpaired) electrons. The molecule has 0 amide bonds. The van der Waals surface area contributed by atoms with Gasteiger partial charge in [0.25, 0.3) is 0 Å². The maximum absolute atomic E-state index is 12.8. The van der Waals surface area contributed by atoms with Gasteiger partial charge in [0.1, 0.15) is 0 Å². The number of hydrogen-bond donors (Lipinski definition) is 1. The van der Waals surface area contributed by atoms with Crippen LogP contribution in [0.3, 0.4) is 0 Å². The van der Waals surface area contributed by atoms with Crippen LogP contribution in [0.2, 0.25) is 5.02 Å². The first-order valence-electron chi connectivity index (χ1n) is 9.75. The lowest BCUT2D eigenvalue weighted by Gasteiger charge is -2.21. The number of aromatic nitrogens is 2. The molecule has 2 aromatic carbocycles. The van der Waals surface area contributed by atoms with Crippen LogP contribution >= 0.6 is 27.5 Å². The molecule has 0 spiro atoms. The fourth-order valence-electron chi connectivity index (χ4n) is 3.01. The van der Waals surface area contributed by atoms with E-state index in [1.54, 1.807) is 23.7 Å². The van der Waals surface area contributed by atoms with E-state index in [2.05, 4.69) is 47.1 Å². The number of esters is 1. The van der Waals surface area contributed by atoms with E-state index in [1.165, 1.54) is 0 Å². The van der Waals surface area contributed by atoms with Gasteiger partial charge in [-0.3, -0.25) is 0 Å². The van der Waals surface area contributed by atoms with Gasteiger partial charge in [-0.15, -0.1) is 0 Å². The summed E-state index contributed by atoms with van der Waals surface area (Å²) in [6.45, 7) is 8.79. The summed E-state index contributed by atoms with van der Waals surface area (Å²) in [4.78, 5) is 12.8. The molecule has 3 aromatic rings. The normalized spacial score (nSPS) is 11.5. The van der Waals surface area contributed by atoms with Gasteiger partial charge in [0, 0.05) is 32.7 Å². The molecule has 158 valence electrons. The van der Waals surface area contributed by atoms with Crippen LogP contribution in [0.5, 0.6) is 0 Å². The van der Waals surface area contributed by atoms with Crippen LogP contribution in [-0.2, 0) is 11.3 Å². The van der Waals surface area contributed by atoms with E-state index < -0.39 is 5.97 Å². The number of nitrogens with zero attached hydrogens (tertiary/aromatic N) is 2. The number of rotatable bonds is 6. The average Bonchev–Trinajstić information content (AvgIpc) is 3.07. The van der Waals surface area contributed by atoms with Gasteiger partial charge in [0.2, 0.25) is 0 Å². The molecule has 3 rings (SSSR count). The second-order valence-electron chi connectivity index (χ2n) is 7.89. The van der Waals surface area contributed by atoms with Crippen LogP contribution in [0, 0.1) is 0 Å². The summed E-state index contributed by atoms with van der Waals surface area (Å²) < 4.78 is 8.07. The molecule has 5 nitrogen and oxygen atoms in total. The summed E-state index contributed by atoms with van der Waals surface area (Å²) in [5.74, 6) is -0.436. The first-order chi connectivity index (χ1) is 14.2. The Bertz CT molecular complexity index is 1020. The van der Waals surface area contributed by atoms with Crippen LogP contribution in [0.15, 0.2) is 53.0 Å². The highest BCUT2D eigenvalue weighted by Gasteiger charge is 2.26. The van der Waals surface area contributed by atoms with Crippen molar-refractivity contribution in [3.05, 3.63) is 69.3 Å². The minimum atomic E-state index is -0.436. The lowest BCUT2D eigenvalue weighted by atomic mass is 10.0. The minimum Gasteiger partial charge on any atom is -0.461 e. The van der Waals surface area contributed by atoms with E-state index in [0.717, 1.165) is 27.0 Å². The molecule has 0 atom stereocenters. The lowest BCUT2D eigenvalue weighted by Crippen LogP contribution is -2.35. The van der Waals surface area contributed by atoms with E-state index in [-0.39, 0.29) is 12.1 Å². The third-order valence-electron chi connectivity index (χ3n) is 4.44. The van der Waals surface area contributed by atoms with Gasteiger partial charge >= 0.3 is 5.97 Å². The molecule has 0 aliphatic rings. The number of nitrogens with one attached hydrogen (secondary N) is 1. The summed E-state index contributed by atoms with van der Waals surface area (Å²) in [5.41, 5.74) is 3.56. The third-order valence-corrected chi connectivity index (χ3v) is 5.22. The minimum absolute atomic E-state index is 0.134. The number of halogens is 2. The first-order valence-corrected chi connectivity index (χ1v) is 10.9. The molecule has 0 saturated heterocycles. The van der Waals surface area contributed by atoms with Gasteiger partial charge in [0.15, 0.2) is 5.69 Å². The van der Waals surface area contributed by atoms with Crippen molar-refractivity contribution in [1.82, 2.24) is 15.1 Å². The largest absolute Gasteiger partial charge is 0.461 e. The van der Waals surface area contributed by atoms with Gasteiger partial charge in [0.05, 0.1) is 18.0 Å². The summed E-state index contributed by atoms with van der Waals surface area (Å²) in [6, 6.07) is 15.3. The summed E-state index contributed by atoms with van der Waals surface area (Å²) in [6.07, 6.45) is 0. The maximum Gasteiger partial charge on any atom is 0.359 e. The predicted octanol–water partition coefficient (Wildman–Crippen LogP) is 6.02. The molecule has 30 heavy (non-hydrogen) atoms. The fourth-order valence-corrected chi connectivity index (χ4v) is 3.40. The predicted molar refractivity (Wildman–Crippen MR) is 124 cm³/mol. The monoisotopic (exact) mass is 489 g/mol. The Hall–Kier alpha value is -2.15. The highest BCUT2D eigenvalue weighted by Crippen LogP contribution is 2.31. The van der Waals surface area contributed by atoms with Crippen molar-refractivity contribution in [2.45, 2.75) is 39.8 Å². The molecular formula is C23H25BrClN3O2. The Morgan fingerprint density at radius 1 is 1.13 bits per heavy atom. The van der Waals surface area contributed by atoms with E-state index in [4.69, 9.17) is 16.3 Å². The number of hydrogen-bond acceptors (Lipinski definition) is 4. The molecule has 1 heterocycles. The standard InChI is InChI=1S/C23H25BrClN3O2/c1-5-30-22(29)20-19(14-26-23(2,3)4)21(15-6-8-16(24)9-7-15)28(27-20)18-12-10-17(25)11-13-18/h6-13,26H,5,14H2,1-4H3. The zero-order valence-electron chi connectivity index (χ0n) is 17.5. The number of ether oxygens (including phenoxy) is 1. The zero-order valence-corrected chi connectivity index (χ0v) is 19.8. The Labute approximate surface area is 190 Å². The van der Waals surface area contributed by atoms with Gasteiger partial charge < -0.3 is 10.1 Å². The Kier molecular flexibility index (Phi) is 7.01. The van der Waals surface area contributed by atoms with Crippen molar-refractivity contribution in [3.63, 3.8) is 0 Å². The molecule has 0 unspecified atom stereocenters. The second-order valence-corrected chi connectivity index (χ2v) is 9.25. The van der Waals surface area contributed by atoms with Gasteiger partial charge in [-0.1, -0.05) is 39.7 Å². The van der Waals surface area contributed by atoms with E-state index in [9.17, 15) is 4.79 Å². The maximum atomic E-state index is 12.8. The molecule has 0 saturated carbocycles. The summed E-state index contributed by atoms with van der Waals surface area (Å²) >= 11 is 9.57. The Balaban J connectivity index is 2.25. The zero-order chi connectivity index (χ0) is 21.9. The summed E-state index contributed by atoms with van der Waals surface area (Å²) in [5, 5.41) is 8.79. The van der Waals surface area contributed by atoms with E-state index in [0.29, 0.717) is 17.3 Å². The highest BCUT2D eigenvalue weighted by atomic mass is 79.9. The van der Waals surface area contributed by atoms with E-state index in [1.807, 2.05) is 36.4 Å². The van der Waals surface area contributed by atoms with Crippen molar-refractivity contribution in [3.8, 4) is 16.9 Å². The average molecular weight is 491 g/mol. The quantitative estimate of drug-likeness (QED) is 0.429. The molecule has 0 aliphatic carbocycles. The van der Waals surface area contributed by atoms with Gasteiger partial charge in [-0.25, -0.2) is 9.48 Å². The molecular weight excluding hydrogens is 466 g/mol. The van der Waals surface area contributed by atoms with Crippen molar-refractivity contribution in [2.24, 2.45) is 0 Å². The lowest BCUT2D eigenvalue weighted by molar-refractivity contribution is 0.0517. The van der Waals surface area contributed by atoms with Gasteiger partial charge in [-0.05, 0) is 64.1 Å². The molecule has 0 bridgehead atoms. The third kappa shape index (κ3) is 5.31. The topological polar surface area (TPSA) is 56.1 Å². The molecule has 0 fully saturated rings.